The van der Waals surface area contributed by atoms with Crippen molar-refractivity contribution in [1.82, 2.24) is 15.5 Å². The first-order chi connectivity index (χ1) is 11.3. The Balaban J connectivity index is 2.51. The second kappa shape index (κ2) is 10.5. The molecule has 0 bridgehead atoms. The van der Waals surface area contributed by atoms with Crippen LogP contribution in [0.5, 0.6) is 0 Å². The van der Waals surface area contributed by atoms with Gasteiger partial charge in [0.25, 0.3) is 0 Å². The van der Waals surface area contributed by atoms with E-state index in [1.165, 1.54) is 0 Å². The fraction of sp³-hybridized carbons (Fsp3) is 0.944. The minimum absolute atomic E-state index is 0.339. The Morgan fingerprint density at radius 1 is 1.25 bits per heavy atom. The van der Waals surface area contributed by atoms with Gasteiger partial charge in [-0.15, -0.1) is 0 Å². The van der Waals surface area contributed by atoms with E-state index in [0.29, 0.717) is 23.9 Å². The summed E-state index contributed by atoms with van der Waals surface area (Å²) < 4.78 is 0. The van der Waals surface area contributed by atoms with E-state index >= 15 is 0 Å². The highest BCUT2D eigenvalue weighted by atomic mass is 32.2. The van der Waals surface area contributed by atoms with Crippen molar-refractivity contribution in [3.8, 4) is 0 Å². The summed E-state index contributed by atoms with van der Waals surface area (Å²) in [6, 6.07) is 1.07. The molecule has 6 heteroatoms. The van der Waals surface area contributed by atoms with Gasteiger partial charge in [-0.05, 0) is 53.2 Å². The molecule has 0 spiro atoms. The molecule has 0 heterocycles. The van der Waals surface area contributed by atoms with Crippen molar-refractivity contribution in [1.29, 1.82) is 0 Å². The number of aliphatic hydroxyl groups is 1. The van der Waals surface area contributed by atoms with Gasteiger partial charge in [-0.2, -0.15) is 11.8 Å². The zero-order chi connectivity index (χ0) is 18.2. The topological polar surface area (TPSA) is 59.9 Å². The van der Waals surface area contributed by atoms with Crippen molar-refractivity contribution in [3.05, 3.63) is 0 Å². The molecule has 0 radical (unpaired) electrons. The lowest BCUT2D eigenvalue weighted by Crippen LogP contribution is -2.53. The van der Waals surface area contributed by atoms with E-state index < -0.39 is 5.60 Å². The van der Waals surface area contributed by atoms with Crippen molar-refractivity contribution in [2.75, 3.05) is 31.9 Å². The van der Waals surface area contributed by atoms with Crippen LogP contribution in [0.15, 0.2) is 4.99 Å². The maximum absolute atomic E-state index is 10.7. The van der Waals surface area contributed by atoms with Crippen LogP contribution in [0, 0.1) is 0 Å². The normalized spacial score (nSPS) is 24.6. The third-order valence-electron chi connectivity index (χ3n) is 4.65. The first-order valence-corrected chi connectivity index (χ1v) is 10.5. The van der Waals surface area contributed by atoms with E-state index in [1.807, 2.05) is 11.8 Å². The lowest BCUT2D eigenvalue weighted by atomic mass is 9.79. The summed E-state index contributed by atoms with van der Waals surface area (Å²) in [5, 5.41) is 17.7. The molecule has 1 aliphatic rings. The number of hydrogen-bond donors (Lipinski definition) is 3. The lowest BCUT2D eigenvalue weighted by Gasteiger charge is -2.44. The molecule has 1 rings (SSSR count). The van der Waals surface area contributed by atoms with Crippen LogP contribution in [-0.4, -0.2) is 70.8 Å². The Morgan fingerprint density at radius 3 is 2.38 bits per heavy atom. The molecule has 24 heavy (non-hydrogen) atoms. The molecule has 1 fully saturated rings. The van der Waals surface area contributed by atoms with Gasteiger partial charge in [-0.25, -0.2) is 0 Å². The van der Waals surface area contributed by atoms with Crippen molar-refractivity contribution < 1.29 is 5.11 Å². The first-order valence-electron chi connectivity index (χ1n) is 9.46. The van der Waals surface area contributed by atoms with Crippen LogP contribution in [0.3, 0.4) is 0 Å². The maximum atomic E-state index is 10.7. The molecule has 5 nitrogen and oxygen atoms in total. The predicted molar refractivity (Wildman–Crippen MR) is 107 cm³/mol. The molecule has 0 amide bonds. The van der Waals surface area contributed by atoms with Crippen molar-refractivity contribution in [2.45, 2.75) is 77.3 Å². The van der Waals surface area contributed by atoms with E-state index in [2.05, 4.69) is 62.1 Å². The Kier molecular flexibility index (Phi) is 9.45. The monoisotopic (exact) mass is 358 g/mol. The summed E-state index contributed by atoms with van der Waals surface area (Å²) in [7, 11) is 0. The zero-order valence-electron chi connectivity index (χ0n) is 16.4. The standard InChI is InChI=1S/C18H38N4OS/c1-7-19-17(20-11-12-22(14(3)4)15(5)6)21-13-18(23)10-9-16(18)24-8-2/h14-16,23H,7-13H2,1-6H3,(H2,19,20,21). The highest BCUT2D eigenvalue weighted by Gasteiger charge is 2.45. The van der Waals surface area contributed by atoms with E-state index in [4.69, 9.17) is 0 Å². The number of thioether (sulfide) groups is 1. The van der Waals surface area contributed by atoms with Gasteiger partial charge in [-0.1, -0.05) is 6.92 Å². The summed E-state index contributed by atoms with van der Waals surface area (Å²) in [4.78, 5) is 7.10. The molecule has 0 aromatic carbocycles. The summed E-state index contributed by atoms with van der Waals surface area (Å²) in [6.07, 6.45) is 1.97. The second-order valence-electron chi connectivity index (χ2n) is 7.13. The van der Waals surface area contributed by atoms with E-state index in [1.54, 1.807) is 0 Å². The van der Waals surface area contributed by atoms with E-state index in [-0.39, 0.29) is 0 Å². The second-order valence-corrected chi connectivity index (χ2v) is 8.61. The quantitative estimate of drug-likeness (QED) is 0.413. The van der Waals surface area contributed by atoms with Crippen LogP contribution in [0.1, 0.15) is 54.4 Å². The van der Waals surface area contributed by atoms with Gasteiger partial charge >= 0.3 is 0 Å². The summed E-state index contributed by atoms with van der Waals surface area (Å²) in [5.41, 5.74) is -0.620. The summed E-state index contributed by atoms with van der Waals surface area (Å²) >= 11 is 1.85. The van der Waals surface area contributed by atoms with Crippen LogP contribution >= 0.6 is 11.8 Å². The molecule has 0 aromatic heterocycles. The predicted octanol–water partition coefficient (Wildman–Crippen LogP) is 2.31. The zero-order valence-corrected chi connectivity index (χ0v) is 17.2. The molecule has 1 saturated carbocycles. The fourth-order valence-electron chi connectivity index (χ4n) is 3.19. The van der Waals surface area contributed by atoms with Gasteiger partial charge in [0.1, 0.15) is 0 Å². The number of rotatable bonds is 10. The molecule has 0 aromatic rings. The summed E-state index contributed by atoms with van der Waals surface area (Å²) in [6.45, 7) is 16.3. The minimum atomic E-state index is -0.620. The van der Waals surface area contributed by atoms with E-state index in [0.717, 1.165) is 44.2 Å². The van der Waals surface area contributed by atoms with Gasteiger partial charge in [-0.3, -0.25) is 9.89 Å². The molecule has 0 saturated heterocycles. The maximum Gasteiger partial charge on any atom is 0.191 e. The molecule has 142 valence electrons. The first kappa shape index (κ1) is 21.6. The van der Waals surface area contributed by atoms with Gasteiger partial charge < -0.3 is 15.7 Å². The number of guanidine groups is 1. The van der Waals surface area contributed by atoms with Crippen LogP contribution < -0.4 is 10.6 Å². The smallest absolute Gasteiger partial charge is 0.191 e. The molecule has 3 N–H and O–H groups in total. The van der Waals surface area contributed by atoms with Crippen LogP contribution in [0.4, 0.5) is 0 Å². The van der Waals surface area contributed by atoms with Crippen molar-refractivity contribution in [2.24, 2.45) is 4.99 Å². The summed E-state index contributed by atoms with van der Waals surface area (Å²) in [5.74, 6) is 1.86. The van der Waals surface area contributed by atoms with Crippen molar-refractivity contribution >= 4 is 17.7 Å². The number of hydrogen-bond acceptors (Lipinski definition) is 4. The van der Waals surface area contributed by atoms with Crippen molar-refractivity contribution in [3.63, 3.8) is 0 Å². The number of aliphatic imine (C=N–C) groups is 1. The highest BCUT2D eigenvalue weighted by Crippen LogP contribution is 2.41. The Hall–Kier alpha value is -0.460. The molecular weight excluding hydrogens is 320 g/mol. The van der Waals surface area contributed by atoms with Gasteiger partial charge in [0, 0.05) is 37.0 Å². The molecular formula is C18H38N4OS. The highest BCUT2D eigenvalue weighted by molar-refractivity contribution is 8.00. The van der Waals surface area contributed by atoms with Crippen LogP contribution in [-0.2, 0) is 0 Å². The van der Waals surface area contributed by atoms with Crippen LogP contribution in [0.25, 0.3) is 0 Å². The van der Waals surface area contributed by atoms with Gasteiger partial charge in [0.15, 0.2) is 5.96 Å². The molecule has 2 unspecified atom stereocenters. The third-order valence-corrected chi connectivity index (χ3v) is 6.06. The largest absolute Gasteiger partial charge is 0.387 e. The molecule has 0 aliphatic heterocycles. The Morgan fingerprint density at radius 2 is 1.92 bits per heavy atom. The average molecular weight is 359 g/mol. The average Bonchev–Trinajstić information content (AvgIpc) is 2.52. The Labute approximate surface area is 153 Å². The molecule has 2 atom stereocenters. The third kappa shape index (κ3) is 6.45. The van der Waals surface area contributed by atoms with Crippen LogP contribution in [0.2, 0.25) is 0 Å². The Bertz CT molecular complexity index is 381. The minimum Gasteiger partial charge on any atom is -0.387 e. The van der Waals surface area contributed by atoms with Gasteiger partial charge in [0.2, 0.25) is 0 Å². The SMILES string of the molecule is CCNC(=NCC1(O)CCC1SCC)NCCN(C(C)C)C(C)C. The number of nitrogens with zero attached hydrogens (tertiary/aromatic N) is 2. The molecule has 1 aliphatic carbocycles. The van der Waals surface area contributed by atoms with Gasteiger partial charge in [0.05, 0.1) is 12.1 Å². The van der Waals surface area contributed by atoms with E-state index in [9.17, 15) is 5.11 Å². The number of nitrogens with one attached hydrogen (secondary N) is 2. The fourth-order valence-corrected chi connectivity index (χ4v) is 4.38. The lowest BCUT2D eigenvalue weighted by molar-refractivity contribution is -0.0154.